The molecule has 1 fully saturated rings. The van der Waals surface area contributed by atoms with Crippen LogP contribution in [0.1, 0.15) is 80.6 Å². The molecule has 0 saturated carbocycles. The van der Waals surface area contributed by atoms with Crippen molar-refractivity contribution in [2.75, 3.05) is 0 Å². The molecule has 0 aromatic heterocycles. The fourth-order valence-electron chi connectivity index (χ4n) is 3.10. The van der Waals surface area contributed by atoms with E-state index in [1.165, 1.54) is 31.2 Å². The highest BCUT2D eigenvalue weighted by Gasteiger charge is 2.52. The monoisotopic (exact) mass is 354 g/mol. The van der Waals surface area contributed by atoms with Crippen LogP contribution in [-0.4, -0.2) is 32.7 Å². The maximum Gasteiger partial charge on any atom is 0.489 e. The fraction of sp³-hybridized carbons (Fsp3) is 0.895. The summed E-state index contributed by atoms with van der Waals surface area (Å²) in [6.07, 6.45) is 6.29. The van der Waals surface area contributed by atoms with Gasteiger partial charge in [0.25, 0.3) is 0 Å². The molecule has 1 saturated heterocycles. The fourth-order valence-corrected chi connectivity index (χ4v) is 5.55. The number of hydrogen-bond donors (Lipinski definition) is 0. The van der Waals surface area contributed by atoms with E-state index in [1.807, 2.05) is 0 Å². The summed E-state index contributed by atoms with van der Waals surface area (Å²) in [6.45, 7) is 19.5. The summed E-state index contributed by atoms with van der Waals surface area (Å²) in [7, 11) is -2.12. The summed E-state index contributed by atoms with van der Waals surface area (Å²) in [4.78, 5) is 0. The lowest BCUT2D eigenvalue weighted by molar-refractivity contribution is 0.00578. The van der Waals surface area contributed by atoms with Gasteiger partial charge in [-0.1, -0.05) is 38.3 Å². The molecule has 0 aromatic carbocycles. The van der Waals surface area contributed by atoms with Crippen molar-refractivity contribution >= 4 is 15.4 Å². The highest BCUT2D eigenvalue weighted by molar-refractivity contribution is 6.78. The van der Waals surface area contributed by atoms with Gasteiger partial charge in [-0.05, 0) is 66.5 Å². The number of unbranched alkanes of at least 4 members (excludes halogenated alkanes) is 3. The summed E-state index contributed by atoms with van der Waals surface area (Å²) < 4.78 is 18.8. The molecule has 0 N–H and O–H groups in total. The molecule has 0 amide bonds. The smallest absolute Gasteiger partial charge is 0.411 e. The molecule has 0 bridgehead atoms. The zero-order chi connectivity index (χ0) is 18.6. The van der Waals surface area contributed by atoms with Crippen LogP contribution in [0.5, 0.6) is 0 Å². The molecular weight excluding hydrogens is 315 g/mol. The molecule has 0 aliphatic carbocycles. The van der Waals surface area contributed by atoms with Crippen LogP contribution in [0.15, 0.2) is 11.2 Å². The van der Waals surface area contributed by atoms with Crippen LogP contribution in [0.4, 0.5) is 0 Å². The summed E-state index contributed by atoms with van der Waals surface area (Å²) >= 11 is 0. The summed E-state index contributed by atoms with van der Waals surface area (Å²) in [5, 5.41) is 0. The van der Waals surface area contributed by atoms with E-state index in [0.717, 1.165) is 6.42 Å². The van der Waals surface area contributed by atoms with Crippen molar-refractivity contribution in [3.8, 4) is 0 Å². The van der Waals surface area contributed by atoms with Gasteiger partial charge in [0.1, 0.15) is 0 Å². The predicted octanol–water partition coefficient (Wildman–Crippen LogP) is 5.68. The Labute approximate surface area is 151 Å². The molecule has 1 heterocycles. The van der Waals surface area contributed by atoms with Gasteiger partial charge in [-0.3, -0.25) is 0 Å². The van der Waals surface area contributed by atoms with Crippen LogP contribution < -0.4 is 0 Å². The van der Waals surface area contributed by atoms with Crippen LogP contribution in [0.25, 0.3) is 0 Å². The van der Waals surface area contributed by atoms with Crippen molar-refractivity contribution in [1.82, 2.24) is 0 Å². The first-order valence-electron chi connectivity index (χ1n) is 9.65. The summed E-state index contributed by atoms with van der Waals surface area (Å²) in [5.74, 6) is 0. The number of allylic oxidation sites excluding steroid dienone is 1. The molecule has 0 atom stereocenters. The van der Waals surface area contributed by atoms with Crippen molar-refractivity contribution in [2.45, 2.75) is 111 Å². The third-order valence-corrected chi connectivity index (χ3v) is 7.09. The van der Waals surface area contributed by atoms with Gasteiger partial charge in [0.05, 0.1) is 11.2 Å². The summed E-state index contributed by atoms with van der Waals surface area (Å²) in [5.41, 5.74) is 3.07. The van der Waals surface area contributed by atoms with E-state index in [1.54, 1.807) is 0 Å². The molecule has 0 unspecified atom stereocenters. The van der Waals surface area contributed by atoms with Crippen LogP contribution in [0.2, 0.25) is 13.1 Å². The van der Waals surface area contributed by atoms with Gasteiger partial charge in [-0.15, -0.1) is 0 Å². The van der Waals surface area contributed by atoms with Crippen molar-refractivity contribution in [3.63, 3.8) is 0 Å². The first kappa shape index (κ1) is 21.9. The van der Waals surface area contributed by atoms with Crippen molar-refractivity contribution in [2.24, 2.45) is 0 Å². The second kappa shape index (κ2) is 8.52. The lowest BCUT2D eigenvalue weighted by Crippen LogP contribution is -2.41. The number of hydrogen-bond acceptors (Lipinski definition) is 3. The third-order valence-electron chi connectivity index (χ3n) is 4.95. The SMILES string of the molecule is CCCCCC/C(=C/[Si](C)(C)OC(C)C)B1OC(C)(C)C(C)(C)O1. The molecule has 1 aliphatic heterocycles. The van der Waals surface area contributed by atoms with Gasteiger partial charge in [-0.25, -0.2) is 0 Å². The van der Waals surface area contributed by atoms with E-state index < -0.39 is 8.32 Å². The van der Waals surface area contributed by atoms with Crippen LogP contribution in [0.3, 0.4) is 0 Å². The van der Waals surface area contributed by atoms with Gasteiger partial charge in [0.2, 0.25) is 8.32 Å². The molecule has 1 rings (SSSR count). The quantitative estimate of drug-likeness (QED) is 0.394. The molecular formula is C19H39BO3Si. The minimum absolute atomic E-state index is 0.237. The van der Waals surface area contributed by atoms with Crippen LogP contribution in [0, 0.1) is 0 Å². The van der Waals surface area contributed by atoms with Gasteiger partial charge >= 0.3 is 7.12 Å². The third kappa shape index (κ3) is 6.32. The Balaban J connectivity index is 2.94. The van der Waals surface area contributed by atoms with E-state index in [2.05, 4.69) is 67.3 Å². The first-order valence-corrected chi connectivity index (χ1v) is 12.6. The van der Waals surface area contributed by atoms with E-state index in [0.29, 0.717) is 0 Å². The highest BCUT2D eigenvalue weighted by atomic mass is 28.4. The standard InChI is InChI=1S/C19H39BO3Si/c1-10-11-12-13-14-17(15-24(8,9)21-16(2)3)20-22-18(4,5)19(6,7)23-20/h15-16H,10-14H2,1-9H3/b17-15-. The Morgan fingerprint density at radius 3 is 2.04 bits per heavy atom. The molecule has 24 heavy (non-hydrogen) atoms. The molecule has 3 nitrogen and oxygen atoms in total. The minimum Gasteiger partial charge on any atom is -0.411 e. The van der Waals surface area contributed by atoms with E-state index in [-0.39, 0.29) is 24.4 Å². The molecule has 0 spiro atoms. The highest BCUT2D eigenvalue weighted by Crippen LogP contribution is 2.39. The Hall–Kier alpha value is -0.0982. The lowest BCUT2D eigenvalue weighted by atomic mass is 9.76. The largest absolute Gasteiger partial charge is 0.489 e. The Morgan fingerprint density at radius 2 is 1.58 bits per heavy atom. The van der Waals surface area contributed by atoms with E-state index in [4.69, 9.17) is 13.7 Å². The van der Waals surface area contributed by atoms with Crippen molar-refractivity contribution < 1.29 is 13.7 Å². The average molecular weight is 354 g/mol. The van der Waals surface area contributed by atoms with Gasteiger partial charge in [-0.2, -0.15) is 0 Å². The van der Waals surface area contributed by atoms with E-state index >= 15 is 0 Å². The molecule has 1 aliphatic rings. The maximum absolute atomic E-state index is 6.31. The van der Waals surface area contributed by atoms with Gasteiger partial charge in [0.15, 0.2) is 0 Å². The van der Waals surface area contributed by atoms with Gasteiger partial charge in [0, 0.05) is 6.10 Å². The second-order valence-corrected chi connectivity index (χ2v) is 12.6. The Morgan fingerprint density at radius 1 is 1.04 bits per heavy atom. The molecule has 0 aromatic rings. The topological polar surface area (TPSA) is 27.7 Å². The minimum atomic E-state index is -1.88. The summed E-state index contributed by atoms with van der Waals surface area (Å²) in [6, 6.07) is 0. The molecule has 5 heteroatoms. The molecule has 140 valence electrons. The first-order chi connectivity index (χ1) is 10.9. The Kier molecular flexibility index (Phi) is 7.79. The van der Waals surface area contributed by atoms with E-state index in [9.17, 15) is 0 Å². The zero-order valence-electron chi connectivity index (χ0n) is 17.5. The Bertz CT molecular complexity index is 414. The average Bonchev–Trinajstić information content (AvgIpc) is 2.60. The molecule has 0 radical (unpaired) electrons. The number of rotatable bonds is 9. The zero-order valence-corrected chi connectivity index (χ0v) is 18.5. The van der Waals surface area contributed by atoms with Gasteiger partial charge < -0.3 is 13.7 Å². The second-order valence-electron chi connectivity index (χ2n) is 8.89. The predicted molar refractivity (Wildman–Crippen MR) is 107 cm³/mol. The maximum atomic E-state index is 6.31. The lowest BCUT2D eigenvalue weighted by Gasteiger charge is -2.32. The van der Waals surface area contributed by atoms with Crippen molar-refractivity contribution in [3.05, 3.63) is 11.2 Å². The van der Waals surface area contributed by atoms with Crippen molar-refractivity contribution in [1.29, 1.82) is 0 Å². The van der Waals surface area contributed by atoms with Crippen LogP contribution in [-0.2, 0) is 13.7 Å². The van der Waals surface area contributed by atoms with Crippen LogP contribution >= 0.6 is 0 Å². The normalized spacial score (nSPS) is 20.9.